The molecule has 6 atom stereocenters. The van der Waals surface area contributed by atoms with Crippen molar-refractivity contribution in [3.8, 4) is 11.5 Å². The van der Waals surface area contributed by atoms with Gasteiger partial charge in [0, 0.05) is 0 Å². The van der Waals surface area contributed by atoms with Crippen LogP contribution in [0.25, 0.3) is 0 Å². The molecule has 50 heavy (non-hydrogen) atoms. The van der Waals surface area contributed by atoms with E-state index in [1.165, 1.54) is 37.4 Å². The van der Waals surface area contributed by atoms with Crippen molar-refractivity contribution in [3.05, 3.63) is 58.9 Å². The third kappa shape index (κ3) is 7.58. The quantitative estimate of drug-likeness (QED) is 0.211. The summed E-state index contributed by atoms with van der Waals surface area (Å²) in [5.74, 6) is -2.56. The number of carbonyl (C=O) groups is 3. The number of benzene rings is 2. The number of amides is 2. The number of phenols is 1. The molecule has 1 heterocycles. The predicted octanol–water partition coefficient (Wildman–Crippen LogP) is 6.06. The molecule has 1 aliphatic heterocycles. The fourth-order valence-electron chi connectivity index (χ4n) is 7.70. The Morgan fingerprint density at radius 3 is 2.20 bits per heavy atom. The molecule has 6 rings (SSSR count). The lowest BCUT2D eigenvalue weighted by Crippen LogP contribution is -2.65. The number of nitrogens with one attached hydrogen (secondary N) is 2. The highest BCUT2D eigenvalue weighted by Crippen LogP contribution is 2.65. The number of rotatable bonds is 9. The Balaban J connectivity index is 1.51. The molecule has 272 valence electrons. The van der Waals surface area contributed by atoms with Crippen LogP contribution in [0.2, 0.25) is 0 Å². The van der Waals surface area contributed by atoms with Gasteiger partial charge in [0.15, 0.2) is 0 Å². The van der Waals surface area contributed by atoms with Gasteiger partial charge in [-0.25, -0.2) is 14.0 Å². The maximum absolute atomic E-state index is 15.3. The lowest BCUT2D eigenvalue weighted by Gasteiger charge is -2.64. The number of ether oxygens (including phenoxy) is 3. The summed E-state index contributed by atoms with van der Waals surface area (Å²) in [6.07, 6.45) is 0.782. The number of carbonyl (C=O) groups excluding carboxylic acids is 3. The molecule has 3 N–H and O–H groups in total. The van der Waals surface area contributed by atoms with Crippen LogP contribution in [-0.4, -0.2) is 66.2 Å². The third-order valence-electron chi connectivity index (χ3n) is 10.2. The van der Waals surface area contributed by atoms with Gasteiger partial charge in [-0.2, -0.15) is 0 Å². The van der Waals surface area contributed by atoms with Gasteiger partial charge in [-0.05, 0) is 114 Å². The molecular formula is C37H50BFN2O9. The van der Waals surface area contributed by atoms with Crippen LogP contribution in [0.5, 0.6) is 11.5 Å². The van der Waals surface area contributed by atoms with Crippen molar-refractivity contribution in [2.45, 2.75) is 116 Å². The summed E-state index contributed by atoms with van der Waals surface area (Å²) in [5.41, 5.74) is -1.87. The molecule has 2 amide bonds. The second kappa shape index (κ2) is 13.4. The Morgan fingerprint density at radius 1 is 0.980 bits per heavy atom. The molecule has 0 aromatic heterocycles. The Morgan fingerprint density at radius 2 is 1.62 bits per heavy atom. The number of alkyl carbamates (subject to hydrolysis) is 1. The molecule has 3 saturated carbocycles. The van der Waals surface area contributed by atoms with E-state index in [1.807, 2.05) is 0 Å². The normalized spacial score (nSPS) is 25.0. The van der Waals surface area contributed by atoms with E-state index < -0.39 is 59.7 Å². The molecule has 0 spiro atoms. The van der Waals surface area contributed by atoms with Crippen LogP contribution in [-0.2, 0) is 30.0 Å². The van der Waals surface area contributed by atoms with Gasteiger partial charge in [0.25, 0.3) is 0 Å². The van der Waals surface area contributed by atoms with Crippen LogP contribution in [0.4, 0.5) is 9.18 Å². The van der Waals surface area contributed by atoms with Crippen LogP contribution >= 0.6 is 0 Å². The van der Waals surface area contributed by atoms with Gasteiger partial charge >= 0.3 is 19.2 Å². The summed E-state index contributed by atoms with van der Waals surface area (Å²) in [5, 5.41) is 15.6. The minimum Gasteiger partial charge on any atom is -0.508 e. The number of methoxy groups -OCH3 is 1. The smallest absolute Gasteiger partial charge is 0.482 e. The van der Waals surface area contributed by atoms with Crippen molar-refractivity contribution in [1.29, 1.82) is 0 Å². The molecule has 2 unspecified atom stereocenters. The molecule has 2 bridgehead atoms. The first-order valence-corrected chi connectivity index (χ1v) is 17.1. The Bertz CT molecular complexity index is 1620. The lowest BCUT2D eigenvalue weighted by molar-refractivity contribution is -0.199. The van der Waals surface area contributed by atoms with Crippen molar-refractivity contribution in [2.75, 3.05) is 7.11 Å². The van der Waals surface area contributed by atoms with Crippen molar-refractivity contribution in [1.82, 2.24) is 10.6 Å². The molecule has 4 fully saturated rings. The number of halogens is 1. The summed E-state index contributed by atoms with van der Waals surface area (Å²) in [4.78, 5) is 40.4. The summed E-state index contributed by atoms with van der Waals surface area (Å²) in [6, 6.07) is 7.27. The van der Waals surface area contributed by atoms with E-state index in [4.69, 9.17) is 23.5 Å². The Labute approximate surface area is 294 Å². The van der Waals surface area contributed by atoms with E-state index in [0.717, 1.165) is 18.9 Å². The second-order valence-corrected chi connectivity index (χ2v) is 16.4. The average molecular weight is 697 g/mol. The van der Waals surface area contributed by atoms with E-state index >= 15 is 4.39 Å². The SMILES string of the molecule is COc1c(CC(NC(=O)C(NC(=O)OC(C)(C)C)c2ccc(O)cc2)B2O[C@@H]3C[C@@H]4C[C@@H](C4(C)C)[C@]3(C)O2)ccc(F)c1C(=O)OC(C)(C)C. The fourth-order valence-corrected chi connectivity index (χ4v) is 7.70. The van der Waals surface area contributed by atoms with Crippen LogP contribution < -0.4 is 15.4 Å². The first kappa shape index (κ1) is 37.4. The topological polar surface area (TPSA) is 142 Å². The highest BCUT2D eigenvalue weighted by atomic mass is 19.1. The van der Waals surface area contributed by atoms with Crippen LogP contribution in [0.15, 0.2) is 36.4 Å². The Hall–Kier alpha value is -3.84. The highest BCUT2D eigenvalue weighted by molar-refractivity contribution is 6.48. The zero-order chi connectivity index (χ0) is 37.0. The van der Waals surface area contributed by atoms with Crippen LogP contribution in [0.3, 0.4) is 0 Å². The first-order chi connectivity index (χ1) is 23.1. The molecule has 11 nitrogen and oxygen atoms in total. The zero-order valence-corrected chi connectivity index (χ0v) is 30.6. The van der Waals surface area contributed by atoms with E-state index in [2.05, 4.69) is 31.4 Å². The molecule has 4 aliphatic rings. The summed E-state index contributed by atoms with van der Waals surface area (Å²) >= 11 is 0. The van der Waals surface area contributed by atoms with Crippen molar-refractivity contribution in [2.24, 2.45) is 17.3 Å². The van der Waals surface area contributed by atoms with Crippen molar-refractivity contribution in [3.63, 3.8) is 0 Å². The molecule has 3 aliphatic carbocycles. The van der Waals surface area contributed by atoms with Gasteiger partial charge in [0.2, 0.25) is 5.91 Å². The maximum Gasteiger partial charge on any atom is 0.482 e. The number of hydrogen-bond acceptors (Lipinski definition) is 9. The van der Waals surface area contributed by atoms with E-state index in [1.54, 1.807) is 41.5 Å². The zero-order valence-electron chi connectivity index (χ0n) is 30.6. The average Bonchev–Trinajstić information content (AvgIpc) is 3.36. The highest BCUT2D eigenvalue weighted by Gasteiger charge is 2.68. The minimum atomic E-state index is -1.24. The number of esters is 1. The van der Waals surface area contributed by atoms with Gasteiger partial charge < -0.3 is 39.3 Å². The van der Waals surface area contributed by atoms with E-state index in [-0.39, 0.29) is 40.9 Å². The van der Waals surface area contributed by atoms with Gasteiger partial charge in [0.1, 0.15) is 40.1 Å². The van der Waals surface area contributed by atoms with Crippen molar-refractivity contribution >= 4 is 25.1 Å². The van der Waals surface area contributed by atoms with Gasteiger partial charge in [-0.15, -0.1) is 0 Å². The second-order valence-electron chi connectivity index (χ2n) is 16.4. The van der Waals surface area contributed by atoms with Gasteiger partial charge in [-0.3, -0.25) is 4.79 Å². The largest absolute Gasteiger partial charge is 0.508 e. The number of hydrogen-bond donors (Lipinski definition) is 3. The fraction of sp³-hybridized carbons (Fsp3) is 0.595. The molecule has 2 aromatic rings. The van der Waals surface area contributed by atoms with Crippen LogP contribution in [0.1, 0.15) is 103 Å². The minimum absolute atomic E-state index is 0.00464. The summed E-state index contributed by atoms with van der Waals surface area (Å²) < 4.78 is 45.2. The molecule has 2 aromatic carbocycles. The van der Waals surface area contributed by atoms with E-state index in [9.17, 15) is 19.5 Å². The van der Waals surface area contributed by atoms with Gasteiger partial charge in [-0.1, -0.05) is 32.0 Å². The maximum atomic E-state index is 15.3. The number of phenolic OH excluding ortho intramolecular Hbond substituents is 1. The third-order valence-corrected chi connectivity index (χ3v) is 10.2. The monoisotopic (exact) mass is 696 g/mol. The standard InChI is InChI=1S/C37H50BFN2O9/c1-34(2,3)47-32(44)28-24(39)16-13-21(30(28)46-10)17-27(38-49-26-19-22-18-25(36(22,7)8)37(26,9)50-38)40-31(43)29(20-11-14-23(42)15-12-20)41-33(45)48-35(4,5)6/h11-16,22,25-27,29,42H,17-19H2,1-10H3,(H,40,43)(H,41,45)/t22-,25-,26+,27?,29?,37-/m0/s1. The first-order valence-electron chi connectivity index (χ1n) is 17.1. The molecule has 13 heteroatoms. The summed E-state index contributed by atoms with van der Waals surface area (Å²) in [7, 11) is 0.393. The van der Waals surface area contributed by atoms with Crippen LogP contribution in [0, 0.1) is 23.1 Å². The number of aromatic hydroxyl groups is 1. The molecule has 1 saturated heterocycles. The van der Waals surface area contributed by atoms with Crippen molar-refractivity contribution < 1.29 is 47.4 Å². The molecular weight excluding hydrogens is 646 g/mol. The lowest BCUT2D eigenvalue weighted by atomic mass is 9.43. The van der Waals surface area contributed by atoms with E-state index in [0.29, 0.717) is 17.0 Å². The predicted molar refractivity (Wildman–Crippen MR) is 184 cm³/mol. The summed E-state index contributed by atoms with van der Waals surface area (Å²) in [6.45, 7) is 16.7. The Kier molecular flexibility index (Phi) is 10.0. The van der Waals surface area contributed by atoms with Gasteiger partial charge in [0.05, 0.1) is 24.8 Å². The molecule has 0 radical (unpaired) electrons.